The monoisotopic (exact) mass is 485 g/mol. The Kier molecular flexibility index (Phi) is 4.00. The average Bonchev–Trinajstić information content (AvgIpc) is 3.60. The molecule has 9 rings (SSSR count). The van der Waals surface area contributed by atoms with Gasteiger partial charge < -0.3 is 4.98 Å². The molecule has 0 saturated carbocycles. The molecule has 38 heavy (non-hydrogen) atoms. The molecule has 180 valence electrons. The third-order valence-corrected chi connectivity index (χ3v) is 9.46. The number of hydrogen-bond donors (Lipinski definition) is 1. The van der Waals surface area contributed by atoms with Crippen LogP contribution in [0.2, 0.25) is 0 Å². The van der Waals surface area contributed by atoms with Crippen molar-refractivity contribution in [3.8, 4) is 22.3 Å². The largest absolute Gasteiger partial charge is 0.355 e. The second-order valence-corrected chi connectivity index (χ2v) is 11.2. The number of hydrogen-bond acceptors (Lipinski definition) is 0. The summed E-state index contributed by atoms with van der Waals surface area (Å²) in [5, 5.41) is 2.58. The zero-order valence-electron chi connectivity index (χ0n) is 21.2. The highest BCUT2D eigenvalue weighted by Gasteiger charge is 2.52. The van der Waals surface area contributed by atoms with Gasteiger partial charge in [-0.15, -0.1) is 0 Å². The topological polar surface area (TPSA) is 15.8 Å². The number of H-pyrrole nitrogens is 1. The van der Waals surface area contributed by atoms with Gasteiger partial charge in [0.1, 0.15) is 0 Å². The van der Waals surface area contributed by atoms with Gasteiger partial charge in [-0.2, -0.15) is 0 Å². The lowest BCUT2D eigenvalue weighted by Gasteiger charge is -2.34. The predicted molar refractivity (Wildman–Crippen MR) is 158 cm³/mol. The van der Waals surface area contributed by atoms with Crippen molar-refractivity contribution in [2.45, 2.75) is 31.1 Å². The fourth-order valence-corrected chi connectivity index (χ4v) is 7.95. The smallest absolute Gasteiger partial charge is 0.0685 e. The Labute approximate surface area is 222 Å². The number of benzene rings is 5. The first-order chi connectivity index (χ1) is 18.8. The molecule has 6 aromatic rings. The van der Waals surface area contributed by atoms with Crippen LogP contribution in [-0.2, 0) is 5.41 Å². The Hall–Kier alpha value is -4.36. The lowest BCUT2D eigenvalue weighted by molar-refractivity contribution is 0.642. The third kappa shape index (κ3) is 2.47. The van der Waals surface area contributed by atoms with E-state index in [0.717, 1.165) is 0 Å². The highest BCUT2D eigenvalue weighted by molar-refractivity contribution is 6.08. The summed E-state index contributed by atoms with van der Waals surface area (Å²) >= 11 is 0. The van der Waals surface area contributed by atoms with Gasteiger partial charge in [0.25, 0.3) is 0 Å². The SMILES string of the molecule is c1ccc2c(c1)C1=C(CCCC1)C21c2ccccc2-c2ccc(-c3ccc4[nH]c5ccccc5c4c3)cc21. The van der Waals surface area contributed by atoms with E-state index in [9.17, 15) is 0 Å². The molecule has 3 aliphatic carbocycles. The van der Waals surface area contributed by atoms with E-state index in [1.807, 2.05) is 0 Å². The van der Waals surface area contributed by atoms with Gasteiger partial charge in [-0.05, 0) is 106 Å². The van der Waals surface area contributed by atoms with Crippen LogP contribution in [-0.4, -0.2) is 4.98 Å². The summed E-state index contributed by atoms with van der Waals surface area (Å²) in [6.45, 7) is 0. The molecule has 0 saturated heterocycles. The van der Waals surface area contributed by atoms with Crippen LogP contribution < -0.4 is 0 Å². The van der Waals surface area contributed by atoms with Gasteiger partial charge in [0.15, 0.2) is 0 Å². The molecule has 1 heteroatoms. The average molecular weight is 486 g/mol. The van der Waals surface area contributed by atoms with Crippen LogP contribution in [0.5, 0.6) is 0 Å². The maximum atomic E-state index is 3.59. The molecule has 1 aromatic heterocycles. The number of fused-ring (bicyclic) bond motifs is 12. The summed E-state index contributed by atoms with van der Waals surface area (Å²) in [7, 11) is 0. The lowest BCUT2D eigenvalue weighted by Crippen LogP contribution is -2.28. The zero-order chi connectivity index (χ0) is 24.8. The van der Waals surface area contributed by atoms with Crippen LogP contribution in [0.25, 0.3) is 49.6 Å². The molecule has 1 nitrogen and oxygen atoms in total. The molecule has 0 amide bonds. The van der Waals surface area contributed by atoms with E-state index in [1.54, 1.807) is 11.1 Å². The van der Waals surface area contributed by atoms with E-state index in [1.165, 1.54) is 92.0 Å². The number of aromatic nitrogens is 1. The van der Waals surface area contributed by atoms with Crippen molar-refractivity contribution in [1.29, 1.82) is 0 Å². The molecule has 3 aliphatic rings. The molecule has 1 heterocycles. The van der Waals surface area contributed by atoms with Crippen LogP contribution in [0.15, 0.2) is 115 Å². The fraction of sp³-hybridized carbons (Fsp3) is 0.135. The van der Waals surface area contributed by atoms with Crippen molar-refractivity contribution in [2.24, 2.45) is 0 Å². The molecule has 5 aromatic carbocycles. The lowest BCUT2D eigenvalue weighted by atomic mass is 9.67. The standard InChI is InChI=1S/C37H27N/c1-5-13-31-25(9-1)26-10-2-6-14-32(26)37(31)33-15-7-3-11-27(33)28-19-17-24(22-34(28)37)23-18-20-36-30(21-23)29-12-4-8-16-35(29)38-36/h1,3-5,7-9,11-13,15-22,38H,2,6,10,14H2. The third-order valence-electron chi connectivity index (χ3n) is 9.46. The summed E-state index contributed by atoms with van der Waals surface area (Å²) in [4.78, 5) is 3.59. The summed E-state index contributed by atoms with van der Waals surface area (Å²) in [6, 6.07) is 41.2. The van der Waals surface area contributed by atoms with Crippen molar-refractivity contribution in [2.75, 3.05) is 0 Å². The Balaban J connectivity index is 1.33. The van der Waals surface area contributed by atoms with Gasteiger partial charge >= 0.3 is 0 Å². The molecule has 1 N–H and O–H groups in total. The first kappa shape index (κ1) is 20.7. The Morgan fingerprint density at radius 2 is 1.16 bits per heavy atom. The summed E-state index contributed by atoms with van der Waals surface area (Å²) in [5.41, 5.74) is 16.8. The highest BCUT2D eigenvalue weighted by Crippen LogP contribution is 2.64. The highest BCUT2D eigenvalue weighted by atomic mass is 14.7. The molecule has 0 radical (unpaired) electrons. The number of aromatic amines is 1. The molecule has 1 unspecified atom stereocenters. The maximum absolute atomic E-state index is 3.59. The van der Waals surface area contributed by atoms with Gasteiger partial charge in [-0.3, -0.25) is 0 Å². The van der Waals surface area contributed by atoms with Crippen LogP contribution in [0.4, 0.5) is 0 Å². The maximum Gasteiger partial charge on any atom is 0.0685 e. The number of nitrogens with one attached hydrogen (secondary N) is 1. The van der Waals surface area contributed by atoms with E-state index in [0.29, 0.717) is 0 Å². The fourth-order valence-electron chi connectivity index (χ4n) is 7.95. The first-order valence-corrected chi connectivity index (χ1v) is 13.9. The van der Waals surface area contributed by atoms with Crippen LogP contribution in [0.3, 0.4) is 0 Å². The molecular formula is C37H27N. The second-order valence-electron chi connectivity index (χ2n) is 11.2. The molecule has 0 fully saturated rings. The van der Waals surface area contributed by atoms with Crippen molar-refractivity contribution >= 4 is 27.4 Å². The van der Waals surface area contributed by atoms with Crippen LogP contribution in [0, 0.1) is 0 Å². The molecule has 0 bridgehead atoms. The molecular weight excluding hydrogens is 458 g/mol. The van der Waals surface area contributed by atoms with Crippen LogP contribution in [0.1, 0.15) is 47.9 Å². The molecule has 1 atom stereocenters. The van der Waals surface area contributed by atoms with Gasteiger partial charge in [0.2, 0.25) is 0 Å². The predicted octanol–water partition coefficient (Wildman–Crippen LogP) is 9.64. The normalized spacial score (nSPS) is 19.2. The Morgan fingerprint density at radius 3 is 2.08 bits per heavy atom. The van der Waals surface area contributed by atoms with Gasteiger partial charge in [-0.25, -0.2) is 0 Å². The Bertz CT molecular complexity index is 1980. The molecule has 1 spiro atoms. The summed E-state index contributed by atoms with van der Waals surface area (Å²) in [5.74, 6) is 0. The number of para-hydroxylation sites is 1. The van der Waals surface area contributed by atoms with E-state index < -0.39 is 0 Å². The zero-order valence-corrected chi connectivity index (χ0v) is 21.2. The molecule has 0 aliphatic heterocycles. The van der Waals surface area contributed by atoms with Gasteiger partial charge in [0.05, 0.1) is 5.41 Å². The van der Waals surface area contributed by atoms with E-state index in [-0.39, 0.29) is 5.41 Å². The van der Waals surface area contributed by atoms with Crippen molar-refractivity contribution in [3.05, 3.63) is 137 Å². The van der Waals surface area contributed by atoms with Crippen molar-refractivity contribution < 1.29 is 0 Å². The minimum absolute atomic E-state index is 0.167. The van der Waals surface area contributed by atoms with E-state index >= 15 is 0 Å². The number of allylic oxidation sites excluding steroid dienone is 2. The minimum Gasteiger partial charge on any atom is -0.355 e. The van der Waals surface area contributed by atoms with Gasteiger partial charge in [0, 0.05) is 21.8 Å². The Morgan fingerprint density at radius 1 is 0.500 bits per heavy atom. The van der Waals surface area contributed by atoms with Crippen molar-refractivity contribution in [1.82, 2.24) is 4.98 Å². The second kappa shape index (κ2) is 7.36. The quantitative estimate of drug-likeness (QED) is 0.239. The van der Waals surface area contributed by atoms with E-state index in [2.05, 4.69) is 114 Å². The minimum atomic E-state index is -0.167. The van der Waals surface area contributed by atoms with Crippen LogP contribution >= 0.6 is 0 Å². The number of rotatable bonds is 1. The van der Waals surface area contributed by atoms with E-state index in [4.69, 9.17) is 0 Å². The first-order valence-electron chi connectivity index (χ1n) is 13.9. The van der Waals surface area contributed by atoms with Crippen molar-refractivity contribution in [3.63, 3.8) is 0 Å². The van der Waals surface area contributed by atoms with Gasteiger partial charge in [-0.1, -0.05) is 84.9 Å². The summed E-state index contributed by atoms with van der Waals surface area (Å²) < 4.78 is 0. The summed E-state index contributed by atoms with van der Waals surface area (Å²) in [6.07, 6.45) is 4.96.